The molecule has 0 spiro atoms. The Morgan fingerprint density at radius 1 is 1.04 bits per heavy atom. The van der Waals surface area contributed by atoms with E-state index in [1.807, 2.05) is 0 Å². The summed E-state index contributed by atoms with van der Waals surface area (Å²) in [7, 11) is 4.70. The summed E-state index contributed by atoms with van der Waals surface area (Å²) in [5, 5.41) is 0. The number of ether oxygens (including phenoxy) is 4. The lowest BCUT2D eigenvalue weighted by molar-refractivity contribution is -0.130. The van der Waals surface area contributed by atoms with Gasteiger partial charge in [-0.25, -0.2) is 9.79 Å². The molecule has 6 nitrogen and oxygen atoms in total. The molecule has 0 N–H and O–H groups in total. The van der Waals surface area contributed by atoms with Crippen LogP contribution in [-0.4, -0.2) is 33.2 Å². The first-order chi connectivity index (χ1) is 13.6. The Bertz CT molecular complexity index is 775. The van der Waals surface area contributed by atoms with E-state index in [-0.39, 0.29) is 11.6 Å². The SMILES string of the molecule is CCCC1CCC(C2=N/C(=C\c3cc(OC)c(OC)cc3OC)C(=O)O2)CC1. The number of carbonyl (C=O) groups is 1. The number of carbonyl (C=O) groups excluding carboxylic acids is 1. The lowest BCUT2D eigenvalue weighted by atomic mass is 9.80. The van der Waals surface area contributed by atoms with Crippen LogP contribution in [0.4, 0.5) is 0 Å². The summed E-state index contributed by atoms with van der Waals surface area (Å²) in [5.41, 5.74) is 0.972. The third kappa shape index (κ3) is 4.32. The van der Waals surface area contributed by atoms with Gasteiger partial charge in [-0.1, -0.05) is 19.8 Å². The number of rotatable bonds is 7. The van der Waals surface area contributed by atoms with E-state index in [0.717, 1.165) is 18.8 Å². The average molecular weight is 387 g/mol. The summed E-state index contributed by atoms with van der Waals surface area (Å²) in [5.74, 6) is 2.86. The summed E-state index contributed by atoms with van der Waals surface area (Å²) < 4.78 is 21.6. The molecule has 3 rings (SSSR count). The van der Waals surface area contributed by atoms with Crippen molar-refractivity contribution in [2.75, 3.05) is 21.3 Å². The van der Waals surface area contributed by atoms with Crippen molar-refractivity contribution in [2.45, 2.75) is 45.4 Å². The average Bonchev–Trinajstić information content (AvgIpc) is 3.08. The van der Waals surface area contributed by atoms with Crippen LogP contribution < -0.4 is 14.2 Å². The van der Waals surface area contributed by atoms with E-state index in [1.165, 1.54) is 25.7 Å². The van der Waals surface area contributed by atoms with E-state index in [2.05, 4.69) is 11.9 Å². The molecule has 1 saturated carbocycles. The molecular weight excluding hydrogens is 358 g/mol. The molecular formula is C22H29NO5. The number of hydrogen-bond donors (Lipinski definition) is 0. The molecule has 6 heteroatoms. The van der Waals surface area contributed by atoms with Crippen molar-refractivity contribution in [1.82, 2.24) is 0 Å². The lowest BCUT2D eigenvalue weighted by Crippen LogP contribution is -2.22. The number of esters is 1. The Kier molecular flexibility index (Phi) is 6.60. The maximum atomic E-state index is 12.4. The van der Waals surface area contributed by atoms with Crippen LogP contribution in [0.5, 0.6) is 17.2 Å². The van der Waals surface area contributed by atoms with Crippen LogP contribution in [0.25, 0.3) is 6.08 Å². The zero-order valence-corrected chi connectivity index (χ0v) is 17.1. The number of cyclic esters (lactones) is 1. The van der Waals surface area contributed by atoms with E-state index in [4.69, 9.17) is 18.9 Å². The topological polar surface area (TPSA) is 66.3 Å². The van der Waals surface area contributed by atoms with Gasteiger partial charge in [-0.2, -0.15) is 0 Å². The highest BCUT2D eigenvalue weighted by molar-refractivity contribution is 6.08. The van der Waals surface area contributed by atoms with Crippen molar-refractivity contribution in [1.29, 1.82) is 0 Å². The van der Waals surface area contributed by atoms with Gasteiger partial charge in [-0.3, -0.25) is 0 Å². The van der Waals surface area contributed by atoms with Crippen molar-refractivity contribution in [3.8, 4) is 17.2 Å². The van der Waals surface area contributed by atoms with Gasteiger partial charge in [-0.15, -0.1) is 0 Å². The molecule has 2 aliphatic rings. The minimum Gasteiger partial charge on any atom is -0.496 e. The lowest BCUT2D eigenvalue weighted by Gasteiger charge is -2.27. The number of nitrogens with zero attached hydrogens (tertiary/aromatic N) is 1. The second kappa shape index (κ2) is 9.13. The molecule has 28 heavy (non-hydrogen) atoms. The fourth-order valence-electron chi connectivity index (χ4n) is 4.02. The Balaban J connectivity index is 1.82. The zero-order valence-electron chi connectivity index (χ0n) is 17.1. The van der Waals surface area contributed by atoms with Gasteiger partial charge in [0, 0.05) is 17.5 Å². The van der Waals surface area contributed by atoms with Crippen molar-refractivity contribution in [2.24, 2.45) is 16.8 Å². The monoisotopic (exact) mass is 387 g/mol. The van der Waals surface area contributed by atoms with Gasteiger partial charge in [-0.05, 0) is 43.7 Å². The zero-order chi connectivity index (χ0) is 20.1. The fourth-order valence-corrected chi connectivity index (χ4v) is 4.02. The standard InChI is InChI=1S/C22H29NO5/c1-5-6-14-7-9-15(10-8-14)21-23-17(22(24)28-21)11-16-12-19(26-3)20(27-4)13-18(16)25-2/h11-15H,5-10H2,1-4H3/b17-11-. The number of methoxy groups -OCH3 is 3. The van der Waals surface area contributed by atoms with Crippen molar-refractivity contribution < 1.29 is 23.7 Å². The smallest absolute Gasteiger partial charge is 0.363 e. The molecule has 0 unspecified atom stereocenters. The predicted molar refractivity (Wildman–Crippen MR) is 108 cm³/mol. The molecule has 0 bridgehead atoms. The molecule has 1 aliphatic carbocycles. The van der Waals surface area contributed by atoms with Gasteiger partial charge in [0.2, 0.25) is 5.90 Å². The third-order valence-corrected chi connectivity index (χ3v) is 5.56. The van der Waals surface area contributed by atoms with E-state index >= 15 is 0 Å². The van der Waals surface area contributed by atoms with Gasteiger partial charge in [0.15, 0.2) is 17.2 Å². The van der Waals surface area contributed by atoms with Crippen LogP contribution in [0.2, 0.25) is 0 Å². The molecule has 1 aromatic rings. The molecule has 1 fully saturated rings. The van der Waals surface area contributed by atoms with E-state index in [9.17, 15) is 4.79 Å². The summed E-state index contributed by atoms with van der Waals surface area (Å²) >= 11 is 0. The van der Waals surface area contributed by atoms with Gasteiger partial charge in [0.1, 0.15) is 5.75 Å². The quantitative estimate of drug-likeness (QED) is 0.505. The van der Waals surface area contributed by atoms with Crippen LogP contribution >= 0.6 is 0 Å². The molecule has 0 aromatic heterocycles. The Morgan fingerprint density at radius 3 is 2.29 bits per heavy atom. The maximum absolute atomic E-state index is 12.4. The minimum atomic E-state index is -0.414. The first-order valence-electron chi connectivity index (χ1n) is 9.92. The molecule has 1 heterocycles. The largest absolute Gasteiger partial charge is 0.496 e. The van der Waals surface area contributed by atoms with Gasteiger partial charge in [0.05, 0.1) is 21.3 Å². The molecule has 1 aliphatic heterocycles. The molecule has 0 saturated heterocycles. The highest BCUT2D eigenvalue weighted by Gasteiger charge is 2.32. The molecule has 1 aromatic carbocycles. The van der Waals surface area contributed by atoms with E-state index in [1.54, 1.807) is 39.5 Å². The minimum absolute atomic E-state index is 0.232. The number of benzene rings is 1. The highest BCUT2D eigenvalue weighted by Crippen LogP contribution is 2.37. The van der Waals surface area contributed by atoms with Crippen LogP contribution in [0.1, 0.15) is 51.0 Å². The summed E-state index contributed by atoms with van der Waals surface area (Å²) in [6, 6.07) is 3.49. The fraction of sp³-hybridized carbons (Fsp3) is 0.545. The van der Waals surface area contributed by atoms with E-state index < -0.39 is 5.97 Å². The number of aliphatic imine (C=N–C) groups is 1. The van der Waals surface area contributed by atoms with Gasteiger partial charge in [0.25, 0.3) is 0 Å². The molecule has 0 amide bonds. The van der Waals surface area contributed by atoms with Crippen LogP contribution in [0.3, 0.4) is 0 Å². The van der Waals surface area contributed by atoms with E-state index in [0.29, 0.717) is 28.7 Å². The Hall–Kier alpha value is -2.50. The Labute approximate surface area is 166 Å². The molecule has 0 radical (unpaired) electrons. The molecule has 152 valence electrons. The Morgan fingerprint density at radius 2 is 1.68 bits per heavy atom. The number of hydrogen-bond acceptors (Lipinski definition) is 6. The van der Waals surface area contributed by atoms with Gasteiger partial charge >= 0.3 is 5.97 Å². The summed E-state index contributed by atoms with van der Waals surface area (Å²) in [6.45, 7) is 2.23. The third-order valence-electron chi connectivity index (χ3n) is 5.56. The first-order valence-corrected chi connectivity index (χ1v) is 9.92. The van der Waals surface area contributed by atoms with Crippen molar-refractivity contribution >= 4 is 17.9 Å². The maximum Gasteiger partial charge on any atom is 0.363 e. The molecule has 0 atom stereocenters. The second-order valence-electron chi connectivity index (χ2n) is 7.32. The summed E-state index contributed by atoms with van der Waals surface area (Å²) in [6.07, 6.45) is 8.61. The van der Waals surface area contributed by atoms with Crippen molar-refractivity contribution in [3.63, 3.8) is 0 Å². The van der Waals surface area contributed by atoms with Crippen molar-refractivity contribution in [3.05, 3.63) is 23.4 Å². The second-order valence-corrected chi connectivity index (χ2v) is 7.32. The van der Waals surface area contributed by atoms with Crippen LogP contribution in [0.15, 0.2) is 22.8 Å². The summed E-state index contributed by atoms with van der Waals surface area (Å²) in [4.78, 5) is 16.9. The predicted octanol–water partition coefficient (Wildman–Crippen LogP) is 4.62. The van der Waals surface area contributed by atoms with Crippen LogP contribution in [-0.2, 0) is 9.53 Å². The van der Waals surface area contributed by atoms with Gasteiger partial charge < -0.3 is 18.9 Å². The highest BCUT2D eigenvalue weighted by atomic mass is 16.6. The van der Waals surface area contributed by atoms with Crippen LogP contribution in [0, 0.1) is 11.8 Å². The first kappa shape index (κ1) is 20.2. The normalized spacial score (nSPS) is 23.4.